The van der Waals surface area contributed by atoms with Gasteiger partial charge < -0.3 is 19.4 Å². The van der Waals surface area contributed by atoms with Crippen LogP contribution in [0.4, 0.5) is 0 Å². The minimum Gasteiger partial charge on any atom is -0.497 e. The van der Waals surface area contributed by atoms with Gasteiger partial charge in [0.15, 0.2) is 0 Å². The molecule has 1 amide bonds. The van der Waals surface area contributed by atoms with Crippen LogP contribution in [0.5, 0.6) is 11.5 Å². The maximum absolute atomic E-state index is 12.4. The maximum atomic E-state index is 12.4. The number of unbranched alkanes of at least 4 members (excludes halogenated alkanes) is 2. The molecule has 0 aliphatic rings. The summed E-state index contributed by atoms with van der Waals surface area (Å²) in [5.74, 6) is 2.45. The predicted octanol–water partition coefficient (Wildman–Crippen LogP) is 5.24. The third-order valence-corrected chi connectivity index (χ3v) is 5.95. The smallest absolute Gasteiger partial charge is 0.255 e. The molecule has 176 valence electrons. The highest BCUT2D eigenvalue weighted by atomic mass is 16.5. The summed E-state index contributed by atoms with van der Waals surface area (Å²) in [6.07, 6.45) is 3.83. The fraction of sp³-hybridized carbons (Fsp3) is 0.286. The average Bonchev–Trinajstić information content (AvgIpc) is 3.23. The zero-order valence-electron chi connectivity index (χ0n) is 19.8. The van der Waals surface area contributed by atoms with E-state index in [0.717, 1.165) is 54.8 Å². The number of carbonyl (C=O) groups is 1. The highest BCUT2D eigenvalue weighted by molar-refractivity contribution is 5.96. The van der Waals surface area contributed by atoms with Crippen LogP contribution in [0.2, 0.25) is 0 Å². The molecule has 6 nitrogen and oxygen atoms in total. The summed E-state index contributed by atoms with van der Waals surface area (Å²) in [6, 6.07) is 23.7. The molecule has 0 atom stereocenters. The molecule has 0 saturated carbocycles. The van der Waals surface area contributed by atoms with Crippen molar-refractivity contribution in [1.82, 2.24) is 14.9 Å². The molecule has 3 aromatic carbocycles. The minimum absolute atomic E-state index is 0.0984. The number of hydrogen-bond donors (Lipinski definition) is 1. The van der Waals surface area contributed by atoms with Gasteiger partial charge in [0.1, 0.15) is 17.3 Å². The zero-order chi connectivity index (χ0) is 23.8. The number of nitrogens with one attached hydrogen (secondary N) is 1. The van der Waals surface area contributed by atoms with Gasteiger partial charge in [0.05, 0.1) is 30.8 Å². The number of nitrogens with zero attached hydrogens (tertiary/aromatic N) is 2. The molecule has 0 aliphatic heterocycles. The van der Waals surface area contributed by atoms with Crippen molar-refractivity contribution in [3.8, 4) is 11.5 Å². The van der Waals surface area contributed by atoms with Gasteiger partial charge in [0.2, 0.25) is 0 Å². The lowest BCUT2D eigenvalue weighted by Crippen LogP contribution is -2.24. The molecule has 4 rings (SSSR count). The molecule has 0 saturated heterocycles. The first-order valence-electron chi connectivity index (χ1n) is 11.7. The van der Waals surface area contributed by atoms with E-state index in [1.807, 2.05) is 30.3 Å². The molecule has 34 heavy (non-hydrogen) atoms. The van der Waals surface area contributed by atoms with Crippen LogP contribution >= 0.6 is 0 Å². The van der Waals surface area contributed by atoms with Crippen molar-refractivity contribution in [2.45, 2.75) is 32.2 Å². The van der Waals surface area contributed by atoms with Crippen LogP contribution in [0.1, 0.15) is 41.0 Å². The quantitative estimate of drug-likeness (QED) is 0.313. The van der Waals surface area contributed by atoms with Crippen LogP contribution in [0.25, 0.3) is 11.0 Å². The van der Waals surface area contributed by atoms with Gasteiger partial charge in [0, 0.05) is 19.5 Å². The predicted molar refractivity (Wildman–Crippen MR) is 135 cm³/mol. The number of methoxy groups -OCH3 is 2. The van der Waals surface area contributed by atoms with Crippen LogP contribution in [0.15, 0.2) is 72.8 Å². The molecule has 1 N–H and O–H groups in total. The first-order valence-corrected chi connectivity index (χ1v) is 11.7. The van der Waals surface area contributed by atoms with Crippen molar-refractivity contribution in [3.63, 3.8) is 0 Å². The molecule has 0 fully saturated rings. The molecule has 4 aromatic rings. The summed E-state index contributed by atoms with van der Waals surface area (Å²) in [6.45, 7) is 1.41. The molecular weight excluding hydrogens is 426 g/mol. The molecule has 0 unspecified atom stereocenters. The van der Waals surface area contributed by atoms with Crippen molar-refractivity contribution in [1.29, 1.82) is 0 Å². The third-order valence-electron chi connectivity index (χ3n) is 5.95. The number of ether oxygens (including phenoxy) is 2. The first-order chi connectivity index (χ1) is 16.7. The van der Waals surface area contributed by atoms with Gasteiger partial charge >= 0.3 is 0 Å². The average molecular weight is 458 g/mol. The van der Waals surface area contributed by atoms with Gasteiger partial charge in [-0.2, -0.15) is 0 Å². The maximum Gasteiger partial charge on any atom is 0.255 e. The summed E-state index contributed by atoms with van der Waals surface area (Å²) in [5.41, 5.74) is 3.95. The van der Waals surface area contributed by atoms with Crippen molar-refractivity contribution in [2.75, 3.05) is 20.8 Å². The van der Waals surface area contributed by atoms with E-state index < -0.39 is 0 Å². The fourth-order valence-electron chi connectivity index (χ4n) is 4.12. The highest BCUT2D eigenvalue weighted by Crippen LogP contribution is 2.21. The van der Waals surface area contributed by atoms with E-state index in [1.165, 1.54) is 5.56 Å². The molecule has 0 aliphatic carbocycles. The number of aromatic nitrogens is 2. The van der Waals surface area contributed by atoms with E-state index in [2.05, 4.69) is 40.2 Å². The number of benzene rings is 3. The van der Waals surface area contributed by atoms with Gasteiger partial charge in [0.25, 0.3) is 5.91 Å². The number of amides is 1. The van der Waals surface area contributed by atoms with E-state index in [4.69, 9.17) is 14.5 Å². The van der Waals surface area contributed by atoms with E-state index >= 15 is 0 Å². The van der Waals surface area contributed by atoms with E-state index in [9.17, 15) is 4.79 Å². The minimum atomic E-state index is -0.0984. The van der Waals surface area contributed by atoms with E-state index in [1.54, 1.807) is 26.4 Å². The number of carbonyl (C=O) groups excluding carboxylic acids is 1. The van der Waals surface area contributed by atoms with Crippen molar-refractivity contribution >= 4 is 16.9 Å². The molecule has 1 aromatic heterocycles. The molecule has 1 heterocycles. The molecular formula is C28H31N3O3. The second-order valence-electron chi connectivity index (χ2n) is 8.22. The fourth-order valence-corrected chi connectivity index (χ4v) is 4.12. The number of imidazole rings is 1. The molecule has 0 bridgehead atoms. The number of aryl methyl sites for hydroxylation is 1. The second kappa shape index (κ2) is 11.4. The van der Waals surface area contributed by atoms with Crippen LogP contribution in [-0.4, -0.2) is 36.2 Å². The van der Waals surface area contributed by atoms with Crippen LogP contribution < -0.4 is 14.8 Å². The summed E-state index contributed by atoms with van der Waals surface area (Å²) >= 11 is 0. The Bertz CT molecular complexity index is 1230. The van der Waals surface area contributed by atoms with E-state index in [-0.39, 0.29) is 5.91 Å². The Hall–Kier alpha value is -3.80. The van der Waals surface area contributed by atoms with Crippen molar-refractivity contribution < 1.29 is 14.3 Å². The third kappa shape index (κ3) is 5.57. The van der Waals surface area contributed by atoms with Gasteiger partial charge in [-0.3, -0.25) is 4.79 Å². The van der Waals surface area contributed by atoms with Crippen LogP contribution in [-0.2, 0) is 13.0 Å². The molecule has 0 radical (unpaired) electrons. The normalized spacial score (nSPS) is 10.9. The standard InChI is InChI=1S/C28H31N3O3/c1-33-22-17-15-21(16-18-22)20-31-25-12-7-6-11-24(25)30-27(31)14-4-3-9-19-29-28(32)23-10-5-8-13-26(23)34-2/h5-8,10-13,15-18H,3-4,9,14,19-20H2,1-2H3,(H,29,32). The lowest BCUT2D eigenvalue weighted by molar-refractivity contribution is 0.0950. The Morgan fingerprint density at radius 2 is 1.65 bits per heavy atom. The SMILES string of the molecule is COc1ccc(Cn2c(CCCCCNC(=O)c3ccccc3OC)nc3ccccc32)cc1. The van der Waals surface area contributed by atoms with Crippen molar-refractivity contribution in [2.24, 2.45) is 0 Å². The summed E-state index contributed by atoms with van der Waals surface area (Å²) < 4.78 is 12.9. The van der Waals surface area contributed by atoms with E-state index in [0.29, 0.717) is 17.9 Å². The Balaban J connectivity index is 1.32. The zero-order valence-corrected chi connectivity index (χ0v) is 19.8. The van der Waals surface area contributed by atoms with Crippen LogP contribution in [0, 0.1) is 0 Å². The lowest BCUT2D eigenvalue weighted by Gasteiger charge is -2.11. The van der Waals surface area contributed by atoms with Gasteiger partial charge in [-0.05, 0) is 54.8 Å². The first kappa shape index (κ1) is 23.4. The number of fused-ring (bicyclic) bond motifs is 1. The van der Waals surface area contributed by atoms with Crippen LogP contribution in [0.3, 0.4) is 0 Å². The Kier molecular flexibility index (Phi) is 7.81. The van der Waals surface area contributed by atoms with Gasteiger partial charge in [-0.25, -0.2) is 4.98 Å². The topological polar surface area (TPSA) is 65.4 Å². The Labute approximate surface area is 200 Å². The summed E-state index contributed by atoms with van der Waals surface area (Å²) in [5, 5.41) is 3.00. The molecule has 0 spiro atoms. The monoisotopic (exact) mass is 457 g/mol. The van der Waals surface area contributed by atoms with Gasteiger partial charge in [-0.1, -0.05) is 42.8 Å². The highest BCUT2D eigenvalue weighted by Gasteiger charge is 2.12. The van der Waals surface area contributed by atoms with Crippen molar-refractivity contribution in [3.05, 3.63) is 89.7 Å². The summed E-state index contributed by atoms with van der Waals surface area (Å²) in [4.78, 5) is 17.3. The Morgan fingerprint density at radius 3 is 2.44 bits per heavy atom. The number of rotatable bonds is 11. The number of para-hydroxylation sites is 3. The Morgan fingerprint density at radius 1 is 0.882 bits per heavy atom. The lowest BCUT2D eigenvalue weighted by atomic mass is 10.1. The number of hydrogen-bond acceptors (Lipinski definition) is 4. The second-order valence-corrected chi connectivity index (χ2v) is 8.22. The summed E-state index contributed by atoms with van der Waals surface area (Å²) in [7, 11) is 3.26. The van der Waals surface area contributed by atoms with Gasteiger partial charge in [-0.15, -0.1) is 0 Å². The largest absolute Gasteiger partial charge is 0.497 e. The molecule has 6 heteroatoms.